The zero-order chi connectivity index (χ0) is 41.0. The van der Waals surface area contributed by atoms with Gasteiger partial charge in [0.15, 0.2) is 11.6 Å². The number of aryl methyl sites for hydroxylation is 2. The molecule has 5 nitrogen and oxygen atoms in total. The number of aromatic nitrogens is 4. The average molecular weight is 785 g/mol. The fraction of sp³-hybridized carbons (Fsp3) is 0.0893. The highest BCUT2D eigenvalue weighted by atomic mass is 16.3. The van der Waals surface area contributed by atoms with Gasteiger partial charge in [-0.15, -0.1) is 0 Å². The van der Waals surface area contributed by atoms with Crippen LogP contribution in [0.5, 0.6) is 0 Å². The summed E-state index contributed by atoms with van der Waals surface area (Å²) in [6, 6.07) is 60.3. The van der Waals surface area contributed by atoms with Crippen LogP contribution in [0, 0.1) is 13.8 Å². The Labute approximate surface area is 353 Å². The van der Waals surface area contributed by atoms with Crippen LogP contribution in [-0.4, -0.2) is 19.5 Å². The van der Waals surface area contributed by atoms with Crippen molar-refractivity contribution >= 4 is 43.7 Å². The number of rotatable bonds is 5. The Hall–Kier alpha value is -7.63. The molecule has 0 radical (unpaired) electrons. The normalized spacial score (nSPS) is 13.0. The topological polar surface area (TPSA) is 56.7 Å². The molecule has 0 bridgehead atoms. The van der Waals surface area contributed by atoms with E-state index in [4.69, 9.17) is 19.4 Å². The van der Waals surface area contributed by atoms with Crippen LogP contribution >= 0.6 is 0 Å². The van der Waals surface area contributed by atoms with Crippen LogP contribution in [0.3, 0.4) is 0 Å². The smallest absolute Gasteiger partial charge is 0.238 e. The van der Waals surface area contributed by atoms with Crippen LogP contribution in [0.25, 0.3) is 106 Å². The van der Waals surface area contributed by atoms with Crippen molar-refractivity contribution in [3.63, 3.8) is 0 Å². The van der Waals surface area contributed by atoms with Gasteiger partial charge in [-0.1, -0.05) is 147 Å². The third-order valence-electron chi connectivity index (χ3n) is 13.0. The summed E-state index contributed by atoms with van der Waals surface area (Å²) in [6.45, 7) is 9.15. The first-order valence-corrected chi connectivity index (χ1v) is 20.9. The second-order valence-corrected chi connectivity index (χ2v) is 16.9. The number of fused-ring (bicyclic) bond motifs is 10. The van der Waals surface area contributed by atoms with Gasteiger partial charge in [-0.05, 0) is 106 Å². The highest BCUT2D eigenvalue weighted by Crippen LogP contribution is 2.51. The van der Waals surface area contributed by atoms with Crippen molar-refractivity contribution in [1.82, 2.24) is 19.5 Å². The largest absolute Gasteiger partial charge is 0.455 e. The number of hydrogen-bond donors (Lipinski definition) is 0. The van der Waals surface area contributed by atoms with Gasteiger partial charge in [-0.25, -0.2) is 4.98 Å². The molecular weight excluding hydrogens is 745 g/mol. The summed E-state index contributed by atoms with van der Waals surface area (Å²) in [4.78, 5) is 15.5. The van der Waals surface area contributed by atoms with Crippen LogP contribution in [0.15, 0.2) is 174 Å². The van der Waals surface area contributed by atoms with Crippen molar-refractivity contribution in [3.8, 4) is 62.1 Å². The summed E-state index contributed by atoms with van der Waals surface area (Å²) in [6.07, 6.45) is 0. The molecular formula is C56H40N4O. The van der Waals surface area contributed by atoms with Crippen molar-refractivity contribution < 1.29 is 4.42 Å². The molecule has 8 aromatic carbocycles. The highest BCUT2D eigenvalue weighted by Gasteiger charge is 2.35. The fourth-order valence-corrected chi connectivity index (χ4v) is 9.81. The van der Waals surface area contributed by atoms with Crippen molar-refractivity contribution in [2.75, 3.05) is 0 Å². The van der Waals surface area contributed by atoms with Gasteiger partial charge in [0, 0.05) is 32.7 Å². The Morgan fingerprint density at radius 2 is 1.10 bits per heavy atom. The molecule has 0 fully saturated rings. The maximum absolute atomic E-state index is 6.57. The van der Waals surface area contributed by atoms with E-state index < -0.39 is 0 Å². The third kappa shape index (κ3) is 5.37. The number of para-hydroxylation sites is 2. The van der Waals surface area contributed by atoms with Gasteiger partial charge in [0.25, 0.3) is 0 Å². The molecule has 11 aromatic rings. The summed E-state index contributed by atoms with van der Waals surface area (Å²) < 4.78 is 8.72. The number of benzene rings is 8. The van der Waals surface area contributed by atoms with Crippen LogP contribution < -0.4 is 0 Å². The lowest BCUT2D eigenvalue weighted by Crippen LogP contribution is -2.15. The predicted octanol–water partition coefficient (Wildman–Crippen LogP) is 14.5. The molecule has 290 valence electrons. The number of hydrogen-bond acceptors (Lipinski definition) is 4. The van der Waals surface area contributed by atoms with Crippen LogP contribution in [-0.2, 0) is 5.41 Å². The Morgan fingerprint density at radius 1 is 0.443 bits per heavy atom. The van der Waals surface area contributed by atoms with Gasteiger partial charge >= 0.3 is 0 Å². The minimum atomic E-state index is -0.0271. The number of nitrogens with zero attached hydrogens (tertiary/aromatic N) is 4. The van der Waals surface area contributed by atoms with Gasteiger partial charge in [-0.2, -0.15) is 9.97 Å². The molecule has 1 aliphatic rings. The third-order valence-corrected chi connectivity index (χ3v) is 13.0. The Morgan fingerprint density at radius 3 is 1.92 bits per heavy atom. The molecule has 12 rings (SSSR count). The van der Waals surface area contributed by atoms with Crippen molar-refractivity contribution in [1.29, 1.82) is 0 Å². The van der Waals surface area contributed by atoms with Gasteiger partial charge in [0.1, 0.15) is 11.2 Å². The first kappa shape index (κ1) is 35.3. The quantitative estimate of drug-likeness (QED) is 0.174. The Kier molecular flexibility index (Phi) is 7.64. The lowest BCUT2D eigenvalue weighted by atomic mass is 9.81. The van der Waals surface area contributed by atoms with Gasteiger partial charge in [-0.3, -0.25) is 4.57 Å². The van der Waals surface area contributed by atoms with E-state index in [1.807, 2.05) is 42.5 Å². The maximum atomic E-state index is 6.57. The fourth-order valence-electron chi connectivity index (χ4n) is 9.81. The Balaban J connectivity index is 0.975. The van der Waals surface area contributed by atoms with E-state index in [9.17, 15) is 0 Å². The monoisotopic (exact) mass is 784 g/mol. The van der Waals surface area contributed by atoms with E-state index >= 15 is 0 Å². The van der Waals surface area contributed by atoms with Gasteiger partial charge in [0.05, 0.1) is 16.4 Å². The summed E-state index contributed by atoms with van der Waals surface area (Å²) in [7, 11) is 0. The van der Waals surface area contributed by atoms with Crippen molar-refractivity contribution in [3.05, 3.63) is 192 Å². The molecule has 0 atom stereocenters. The SMILES string of the molecule is Cc1ccc(-c2ccc(-c3nc(-c4ccccc4)nc(-n4c5ccccc5c5c6oc7ccccc7c6ccc54)n3)cc2)cc1-c1cc2c(cc1C)C(C)(C)c1ccccc1-2. The lowest BCUT2D eigenvalue weighted by molar-refractivity contribution is 0.660. The number of furan rings is 1. The molecule has 0 aliphatic heterocycles. The predicted molar refractivity (Wildman–Crippen MR) is 250 cm³/mol. The van der Waals surface area contributed by atoms with Crippen molar-refractivity contribution in [2.24, 2.45) is 0 Å². The van der Waals surface area contributed by atoms with E-state index in [1.165, 1.54) is 44.5 Å². The highest BCUT2D eigenvalue weighted by molar-refractivity contribution is 6.23. The van der Waals surface area contributed by atoms with E-state index in [-0.39, 0.29) is 5.41 Å². The first-order chi connectivity index (χ1) is 29.8. The lowest BCUT2D eigenvalue weighted by Gasteiger charge is -2.22. The molecule has 0 saturated heterocycles. The van der Waals surface area contributed by atoms with Gasteiger partial charge in [0.2, 0.25) is 5.95 Å². The Bertz CT molecular complexity index is 3570. The summed E-state index contributed by atoms with van der Waals surface area (Å²) in [5, 5.41) is 4.31. The molecule has 3 aromatic heterocycles. The van der Waals surface area contributed by atoms with Crippen LogP contribution in [0.1, 0.15) is 36.1 Å². The molecule has 0 N–H and O–H groups in total. The second kappa shape index (κ2) is 13.2. The van der Waals surface area contributed by atoms with Gasteiger partial charge < -0.3 is 4.42 Å². The molecule has 0 unspecified atom stereocenters. The minimum absolute atomic E-state index is 0.0271. The molecule has 5 heteroatoms. The van der Waals surface area contributed by atoms with E-state index in [1.54, 1.807) is 0 Å². The standard InChI is InChI=1S/C56H40N4O/c1-33-22-23-38(31-43(33)44-32-45-39-16-8-11-19-46(39)56(3,4)47(45)30-34(44)2)35-24-26-37(27-25-35)54-57-53(36-14-6-5-7-15-36)58-55(59-54)60-48-20-12-9-18-42(48)51-49(60)29-28-41-40-17-10-13-21-50(40)61-52(41)51/h5-32H,1-4H3. The second-order valence-electron chi connectivity index (χ2n) is 16.9. The van der Waals surface area contributed by atoms with E-state index in [0.717, 1.165) is 66.0 Å². The summed E-state index contributed by atoms with van der Waals surface area (Å²) in [5.41, 5.74) is 18.4. The zero-order valence-corrected chi connectivity index (χ0v) is 34.4. The molecule has 1 aliphatic carbocycles. The summed E-state index contributed by atoms with van der Waals surface area (Å²) >= 11 is 0. The molecule has 0 amide bonds. The van der Waals surface area contributed by atoms with Crippen LogP contribution in [0.2, 0.25) is 0 Å². The minimum Gasteiger partial charge on any atom is -0.455 e. The van der Waals surface area contributed by atoms with E-state index in [0.29, 0.717) is 17.6 Å². The summed E-state index contributed by atoms with van der Waals surface area (Å²) in [5.74, 6) is 1.76. The first-order valence-electron chi connectivity index (χ1n) is 20.9. The van der Waals surface area contributed by atoms with E-state index in [2.05, 4.69) is 160 Å². The molecule has 0 spiro atoms. The molecule has 3 heterocycles. The average Bonchev–Trinajstić information content (AvgIpc) is 3.92. The molecule has 0 saturated carbocycles. The van der Waals surface area contributed by atoms with Crippen LogP contribution in [0.4, 0.5) is 0 Å². The zero-order valence-electron chi connectivity index (χ0n) is 34.4. The van der Waals surface area contributed by atoms with Crippen molar-refractivity contribution in [2.45, 2.75) is 33.1 Å². The molecule has 61 heavy (non-hydrogen) atoms. The maximum Gasteiger partial charge on any atom is 0.238 e.